The number of hydrogen-bond donors (Lipinski definition) is 0. The zero-order valence-corrected chi connectivity index (χ0v) is 12.8. The monoisotopic (exact) mass is 314 g/mol. The molecule has 0 atom stereocenters. The zero-order valence-electron chi connectivity index (χ0n) is 11.2. The Morgan fingerprint density at radius 1 is 1.39 bits per heavy atom. The molecule has 4 heteroatoms. The Hall–Kier alpha value is -0.510. The minimum Gasteiger partial charge on any atom is -0.490 e. The standard InChI is InChI=1S/C14H23BrN2O/c1-2-8-17-10-13(9-16-17)18-12-14(11-15)6-4-3-5-7-14/h9-10H,2-8,11-12H2,1H3. The lowest BCUT2D eigenvalue weighted by Crippen LogP contribution is -2.32. The van der Waals surface area contributed by atoms with Crippen LogP contribution in [0.15, 0.2) is 12.4 Å². The van der Waals surface area contributed by atoms with Crippen LogP contribution in [0.25, 0.3) is 0 Å². The van der Waals surface area contributed by atoms with E-state index in [1.807, 2.05) is 17.1 Å². The molecular formula is C14H23BrN2O. The number of ether oxygens (including phenoxy) is 1. The molecule has 0 unspecified atom stereocenters. The maximum Gasteiger partial charge on any atom is 0.157 e. The molecule has 102 valence electrons. The topological polar surface area (TPSA) is 27.1 Å². The number of aryl methyl sites for hydroxylation is 1. The van der Waals surface area contributed by atoms with Crippen LogP contribution in [0.3, 0.4) is 0 Å². The van der Waals surface area contributed by atoms with Gasteiger partial charge in [-0.2, -0.15) is 5.10 Å². The highest BCUT2D eigenvalue weighted by atomic mass is 79.9. The second kappa shape index (κ2) is 6.60. The largest absolute Gasteiger partial charge is 0.490 e. The molecule has 0 aliphatic heterocycles. The summed E-state index contributed by atoms with van der Waals surface area (Å²) in [5.74, 6) is 0.911. The first-order valence-corrected chi connectivity index (χ1v) is 8.11. The summed E-state index contributed by atoms with van der Waals surface area (Å²) in [5.41, 5.74) is 0.338. The van der Waals surface area contributed by atoms with Gasteiger partial charge in [-0.15, -0.1) is 0 Å². The lowest BCUT2D eigenvalue weighted by Gasteiger charge is -2.35. The van der Waals surface area contributed by atoms with Crippen molar-refractivity contribution >= 4 is 15.9 Å². The Kier molecular flexibility index (Phi) is 5.10. The first-order valence-electron chi connectivity index (χ1n) is 6.99. The Balaban J connectivity index is 1.88. The van der Waals surface area contributed by atoms with Gasteiger partial charge in [0.25, 0.3) is 0 Å². The van der Waals surface area contributed by atoms with Gasteiger partial charge in [0.1, 0.15) is 0 Å². The fourth-order valence-corrected chi connectivity index (χ4v) is 3.35. The SMILES string of the molecule is CCCn1cc(OCC2(CBr)CCCCC2)cn1. The van der Waals surface area contributed by atoms with Crippen molar-refractivity contribution in [2.24, 2.45) is 5.41 Å². The Bertz CT molecular complexity index is 358. The summed E-state index contributed by atoms with van der Waals surface area (Å²) in [6.45, 7) is 3.94. The summed E-state index contributed by atoms with van der Waals surface area (Å²) in [6.07, 6.45) is 11.6. The van der Waals surface area contributed by atoms with Crippen LogP contribution in [-0.2, 0) is 6.54 Å². The molecular weight excluding hydrogens is 292 g/mol. The smallest absolute Gasteiger partial charge is 0.157 e. The summed E-state index contributed by atoms with van der Waals surface area (Å²) < 4.78 is 7.91. The molecule has 2 rings (SSSR count). The van der Waals surface area contributed by atoms with Crippen molar-refractivity contribution in [2.75, 3.05) is 11.9 Å². The molecule has 1 heterocycles. The van der Waals surface area contributed by atoms with E-state index in [1.165, 1.54) is 32.1 Å². The third-order valence-electron chi connectivity index (χ3n) is 3.80. The summed E-state index contributed by atoms with van der Waals surface area (Å²) in [6, 6.07) is 0. The molecule has 1 aromatic heterocycles. The van der Waals surface area contributed by atoms with Crippen molar-refractivity contribution in [3.8, 4) is 5.75 Å². The van der Waals surface area contributed by atoms with Crippen LogP contribution >= 0.6 is 15.9 Å². The molecule has 1 aliphatic carbocycles. The third kappa shape index (κ3) is 3.50. The predicted octanol–water partition coefficient (Wildman–Crippen LogP) is 4.02. The molecule has 1 aliphatic rings. The van der Waals surface area contributed by atoms with Crippen molar-refractivity contribution in [1.29, 1.82) is 0 Å². The van der Waals surface area contributed by atoms with E-state index in [0.29, 0.717) is 5.41 Å². The third-order valence-corrected chi connectivity index (χ3v) is 4.99. The van der Waals surface area contributed by atoms with E-state index in [4.69, 9.17) is 4.74 Å². The maximum absolute atomic E-state index is 5.95. The summed E-state index contributed by atoms with van der Waals surface area (Å²) in [5, 5.41) is 5.34. The van der Waals surface area contributed by atoms with E-state index >= 15 is 0 Å². The van der Waals surface area contributed by atoms with Crippen LogP contribution in [0, 0.1) is 5.41 Å². The van der Waals surface area contributed by atoms with Crippen LogP contribution in [0.4, 0.5) is 0 Å². The normalized spacial score (nSPS) is 18.8. The fourth-order valence-electron chi connectivity index (χ4n) is 2.63. The second-order valence-electron chi connectivity index (χ2n) is 5.42. The van der Waals surface area contributed by atoms with Crippen LogP contribution in [0.1, 0.15) is 45.4 Å². The van der Waals surface area contributed by atoms with E-state index in [-0.39, 0.29) is 0 Å². The summed E-state index contributed by atoms with van der Waals surface area (Å²) in [4.78, 5) is 0. The number of alkyl halides is 1. The lowest BCUT2D eigenvalue weighted by molar-refractivity contribution is 0.122. The molecule has 3 nitrogen and oxygen atoms in total. The number of nitrogens with zero attached hydrogens (tertiary/aromatic N) is 2. The first kappa shape index (κ1) is 13.9. The van der Waals surface area contributed by atoms with Gasteiger partial charge in [0, 0.05) is 17.3 Å². The molecule has 0 radical (unpaired) electrons. The molecule has 1 saturated carbocycles. The number of rotatable bonds is 6. The molecule has 18 heavy (non-hydrogen) atoms. The second-order valence-corrected chi connectivity index (χ2v) is 5.98. The first-order chi connectivity index (χ1) is 8.78. The molecule has 0 bridgehead atoms. The highest BCUT2D eigenvalue weighted by molar-refractivity contribution is 9.09. The quantitative estimate of drug-likeness (QED) is 0.742. The van der Waals surface area contributed by atoms with Gasteiger partial charge in [-0.05, 0) is 19.3 Å². The van der Waals surface area contributed by atoms with Crippen LogP contribution < -0.4 is 4.74 Å². The minimum atomic E-state index is 0.338. The molecule has 0 saturated heterocycles. The van der Waals surface area contributed by atoms with Gasteiger partial charge in [-0.1, -0.05) is 42.1 Å². The fraction of sp³-hybridized carbons (Fsp3) is 0.786. The van der Waals surface area contributed by atoms with E-state index < -0.39 is 0 Å². The molecule has 1 fully saturated rings. The van der Waals surface area contributed by atoms with Gasteiger partial charge in [-0.25, -0.2) is 0 Å². The van der Waals surface area contributed by atoms with Gasteiger partial charge in [0.2, 0.25) is 0 Å². The number of halogens is 1. The van der Waals surface area contributed by atoms with E-state index in [2.05, 4.69) is 28.0 Å². The minimum absolute atomic E-state index is 0.338. The lowest BCUT2D eigenvalue weighted by atomic mass is 9.76. The highest BCUT2D eigenvalue weighted by Gasteiger charge is 2.31. The Morgan fingerprint density at radius 2 is 2.17 bits per heavy atom. The average Bonchev–Trinajstić information content (AvgIpc) is 2.86. The van der Waals surface area contributed by atoms with Crippen molar-refractivity contribution in [1.82, 2.24) is 9.78 Å². The van der Waals surface area contributed by atoms with Crippen molar-refractivity contribution in [3.63, 3.8) is 0 Å². The van der Waals surface area contributed by atoms with Crippen molar-refractivity contribution < 1.29 is 4.74 Å². The molecule has 1 aromatic rings. The van der Waals surface area contributed by atoms with E-state index in [9.17, 15) is 0 Å². The summed E-state index contributed by atoms with van der Waals surface area (Å²) >= 11 is 3.67. The summed E-state index contributed by atoms with van der Waals surface area (Å²) in [7, 11) is 0. The van der Waals surface area contributed by atoms with Gasteiger partial charge < -0.3 is 4.74 Å². The van der Waals surface area contributed by atoms with Gasteiger partial charge in [0.05, 0.1) is 19.0 Å². The van der Waals surface area contributed by atoms with Crippen LogP contribution in [-0.4, -0.2) is 21.7 Å². The molecule has 0 spiro atoms. The van der Waals surface area contributed by atoms with Gasteiger partial charge >= 0.3 is 0 Å². The number of hydrogen-bond acceptors (Lipinski definition) is 2. The van der Waals surface area contributed by atoms with Crippen molar-refractivity contribution in [2.45, 2.75) is 52.0 Å². The molecule has 0 aromatic carbocycles. The molecule has 0 amide bonds. The Morgan fingerprint density at radius 3 is 2.83 bits per heavy atom. The van der Waals surface area contributed by atoms with Crippen molar-refractivity contribution in [3.05, 3.63) is 12.4 Å². The van der Waals surface area contributed by atoms with Crippen LogP contribution in [0.5, 0.6) is 5.75 Å². The Labute approximate surface area is 118 Å². The van der Waals surface area contributed by atoms with Gasteiger partial charge in [0.15, 0.2) is 5.75 Å². The van der Waals surface area contributed by atoms with E-state index in [0.717, 1.165) is 30.7 Å². The highest BCUT2D eigenvalue weighted by Crippen LogP contribution is 2.38. The van der Waals surface area contributed by atoms with Crippen LogP contribution in [0.2, 0.25) is 0 Å². The zero-order chi connectivity index (χ0) is 12.8. The molecule has 0 N–H and O–H groups in total. The van der Waals surface area contributed by atoms with E-state index in [1.54, 1.807) is 0 Å². The van der Waals surface area contributed by atoms with Gasteiger partial charge in [-0.3, -0.25) is 4.68 Å². The number of aromatic nitrogens is 2. The average molecular weight is 315 g/mol. The predicted molar refractivity (Wildman–Crippen MR) is 77.3 cm³/mol. The maximum atomic E-state index is 5.95.